The highest BCUT2D eigenvalue weighted by molar-refractivity contribution is 5.81. The molecular formula is C15H20N2O3. The van der Waals surface area contributed by atoms with Crippen molar-refractivity contribution in [2.75, 3.05) is 13.3 Å². The summed E-state index contributed by atoms with van der Waals surface area (Å²) in [5, 5.41) is 6.25. The van der Waals surface area contributed by atoms with Crippen molar-refractivity contribution in [3.8, 4) is 11.5 Å². The summed E-state index contributed by atoms with van der Waals surface area (Å²) in [6, 6.07) is 5.68. The van der Waals surface area contributed by atoms with E-state index in [-0.39, 0.29) is 18.7 Å². The minimum atomic E-state index is -0.0623. The van der Waals surface area contributed by atoms with Gasteiger partial charge in [0.1, 0.15) is 0 Å². The van der Waals surface area contributed by atoms with Crippen LogP contribution in [0.2, 0.25) is 0 Å². The van der Waals surface area contributed by atoms with Crippen LogP contribution in [0.5, 0.6) is 11.5 Å². The van der Waals surface area contributed by atoms with Gasteiger partial charge >= 0.3 is 0 Å². The van der Waals surface area contributed by atoms with Crippen LogP contribution in [0.3, 0.4) is 0 Å². The number of hydrogen-bond donors (Lipinski definition) is 2. The number of nitrogens with one attached hydrogen (secondary N) is 2. The summed E-state index contributed by atoms with van der Waals surface area (Å²) in [6.07, 6.45) is 2.05. The molecule has 1 aromatic carbocycles. The second-order valence-electron chi connectivity index (χ2n) is 5.54. The molecule has 0 bridgehead atoms. The molecule has 1 aromatic rings. The van der Waals surface area contributed by atoms with Gasteiger partial charge in [0, 0.05) is 6.54 Å². The van der Waals surface area contributed by atoms with Crippen LogP contribution in [-0.2, 0) is 11.3 Å². The van der Waals surface area contributed by atoms with Crippen molar-refractivity contribution in [1.82, 2.24) is 10.6 Å². The Balaban J connectivity index is 1.55. The van der Waals surface area contributed by atoms with E-state index in [1.54, 1.807) is 0 Å². The maximum atomic E-state index is 12.1. The standard InChI is InChI=1S/C15H20N2O3/c1-10-4-5-16-12(6-10)15(18)17-8-11-2-3-13-14(7-11)20-9-19-13/h2-3,7,10,12,16H,4-6,8-9H2,1H3,(H,17,18). The van der Waals surface area contributed by atoms with Gasteiger partial charge in [0.15, 0.2) is 11.5 Å². The smallest absolute Gasteiger partial charge is 0.237 e. The number of amides is 1. The van der Waals surface area contributed by atoms with Crippen molar-refractivity contribution >= 4 is 5.91 Å². The number of fused-ring (bicyclic) bond motifs is 1. The predicted octanol–water partition coefficient (Wildman–Crippen LogP) is 1.42. The first-order chi connectivity index (χ1) is 9.72. The normalized spacial score (nSPS) is 24.4. The SMILES string of the molecule is CC1CCNC(C(=O)NCc2ccc3c(c2)OCO3)C1. The molecule has 108 valence electrons. The van der Waals surface area contributed by atoms with E-state index in [0.717, 1.165) is 36.4 Å². The second kappa shape index (κ2) is 5.71. The molecule has 0 radical (unpaired) electrons. The van der Waals surface area contributed by atoms with E-state index in [0.29, 0.717) is 12.5 Å². The molecule has 20 heavy (non-hydrogen) atoms. The third-order valence-corrected chi connectivity index (χ3v) is 3.89. The summed E-state index contributed by atoms with van der Waals surface area (Å²) in [7, 11) is 0. The molecule has 3 rings (SSSR count). The number of piperidine rings is 1. The first-order valence-electron chi connectivity index (χ1n) is 7.12. The van der Waals surface area contributed by atoms with E-state index in [2.05, 4.69) is 17.6 Å². The molecule has 2 heterocycles. The van der Waals surface area contributed by atoms with Gasteiger partial charge in [0.25, 0.3) is 0 Å². The van der Waals surface area contributed by atoms with E-state index < -0.39 is 0 Å². The molecule has 5 heteroatoms. The molecular weight excluding hydrogens is 256 g/mol. The van der Waals surface area contributed by atoms with Gasteiger partial charge in [-0.3, -0.25) is 4.79 Å². The minimum absolute atomic E-state index is 0.0623. The highest BCUT2D eigenvalue weighted by Crippen LogP contribution is 2.32. The minimum Gasteiger partial charge on any atom is -0.454 e. The van der Waals surface area contributed by atoms with Gasteiger partial charge in [-0.2, -0.15) is 0 Å². The van der Waals surface area contributed by atoms with E-state index in [4.69, 9.17) is 9.47 Å². The fourth-order valence-electron chi connectivity index (χ4n) is 2.67. The third-order valence-electron chi connectivity index (χ3n) is 3.89. The van der Waals surface area contributed by atoms with E-state index in [1.165, 1.54) is 0 Å². The summed E-state index contributed by atoms with van der Waals surface area (Å²) in [4.78, 5) is 12.1. The molecule has 2 unspecified atom stereocenters. The number of benzene rings is 1. The molecule has 1 saturated heterocycles. The molecule has 0 aromatic heterocycles. The molecule has 5 nitrogen and oxygen atoms in total. The number of hydrogen-bond acceptors (Lipinski definition) is 4. The molecule has 2 atom stereocenters. The Morgan fingerprint density at radius 1 is 1.40 bits per heavy atom. The second-order valence-corrected chi connectivity index (χ2v) is 5.54. The molecule has 2 N–H and O–H groups in total. The van der Waals surface area contributed by atoms with Crippen LogP contribution >= 0.6 is 0 Å². The van der Waals surface area contributed by atoms with Crippen LogP contribution in [0.25, 0.3) is 0 Å². The van der Waals surface area contributed by atoms with Gasteiger partial charge in [-0.1, -0.05) is 13.0 Å². The van der Waals surface area contributed by atoms with Crippen molar-refractivity contribution in [3.63, 3.8) is 0 Å². The van der Waals surface area contributed by atoms with Crippen molar-refractivity contribution in [3.05, 3.63) is 23.8 Å². The first-order valence-corrected chi connectivity index (χ1v) is 7.12. The Kier molecular flexibility index (Phi) is 3.78. The van der Waals surface area contributed by atoms with Gasteiger partial charge in [-0.15, -0.1) is 0 Å². The highest BCUT2D eigenvalue weighted by Gasteiger charge is 2.24. The topological polar surface area (TPSA) is 59.6 Å². The molecule has 0 aliphatic carbocycles. The first kappa shape index (κ1) is 13.2. The van der Waals surface area contributed by atoms with Crippen molar-refractivity contribution in [1.29, 1.82) is 0 Å². The quantitative estimate of drug-likeness (QED) is 0.876. The molecule has 2 aliphatic heterocycles. The maximum Gasteiger partial charge on any atom is 0.237 e. The number of carbonyl (C=O) groups is 1. The lowest BCUT2D eigenvalue weighted by molar-refractivity contribution is -0.124. The van der Waals surface area contributed by atoms with Crippen LogP contribution in [0.1, 0.15) is 25.3 Å². The monoisotopic (exact) mass is 276 g/mol. The molecule has 0 saturated carbocycles. The molecule has 2 aliphatic rings. The zero-order chi connectivity index (χ0) is 13.9. The lowest BCUT2D eigenvalue weighted by Crippen LogP contribution is -2.48. The Labute approximate surface area is 118 Å². The van der Waals surface area contributed by atoms with E-state index >= 15 is 0 Å². The van der Waals surface area contributed by atoms with Crippen LogP contribution < -0.4 is 20.1 Å². The molecule has 1 amide bonds. The van der Waals surface area contributed by atoms with Gasteiger partial charge in [-0.25, -0.2) is 0 Å². The van der Waals surface area contributed by atoms with Gasteiger partial charge in [0.2, 0.25) is 12.7 Å². The lowest BCUT2D eigenvalue weighted by atomic mass is 9.94. The molecule has 1 fully saturated rings. The van der Waals surface area contributed by atoms with Crippen LogP contribution in [0, 0.1) is 5.92 Å². The number of ether oxygens (including phenoxy) is 2. The summed E-state index contributed by atoms with van der Waals surface area (Å²) >= 11 is 0. The molecule has 0 spiro atoms. The summed E-state index contributed by atoms with van der Waals surface area (Å²) in [5.74, 6) is 2.20. The summed E-state index contributed by atoms with van der Waals surface area (Å²) in [6.45, 7) is 3.90. The van der Waals surface area contributed by atoms with E-state index in [9.17, 15) is 4.79 Å². The zero-order valence-electron chi connectivity index (χ0n) is 11.6. The zero-order valence-corrected chi connectivity index (χ0v) is 11.6. The Bertz CT molecular complexity index is 504. The predicted molar refractivity (Wildman–Crippen MR) is 74.6 cm³/mol. The average Bonchev–Trinajstić information content (AvgIpc) is 2.92. The fourth-order valence-corrected chi connectivity index (χ4v) is 2.67. The van der Waals surface area contributed by atoms with Gasteiger partial charge in [0.05, 0.1) is 6.04 Å². The third kappa shape index (κ3) is 2.88. The Morgan fingerprint density at radius 2 is 2.25 bits per heavy atom. The fraction of sp³-hybridized carbons (Fsp3) is 0.533. The van der Waals surface area contributed by atoms with Crippen LogP contribution in [0.4, 0.5) is 0 Å². The Hall–Kier alpha value is -1.75. The lowest BCUT2D eigenvalue weighted by Gasteiger charge is -2.27. The van der Waals surface area contributed by atoms with Crippen molar-refractivity contribution in [2.24, 2.45) is 5.92 Å². The largest absolute Gasteiger partial charge is 0.454 e. The maximum absolute atomic E-state index is 12.1. The Morgan fingerprint density at radius 3 is 3.10 bits per heavy atom. The van der Waals surface area contributed by atoms with Gasteiger partial charge < -0.3 is 20.1 Å². The number of rotatable bonds is 3. The van der Waals surface area contributed by atoms with Crippen LogP contribution in [0.15, 0.2) is 18.2 Å². The summed E-state index contributed by atoms with van der Waals surface area (Å²) < 4.78 is 10.6. The average molecular weight is 276 g/mol. The summed E-state index contributed by atoms with van der Waals surface area (Å²) in [5.41, 5.74) is 1.02. The van der Waals surface area contributed by atoms with Gasteiger partial charge in [-0.05, 0) is 43.0 Å². The number of carbonyl (C=O) groups excluding carboxylic acids is 1. The van der Waals surface area contributed by atoms with E-state index in [1.807, 2.05) is 18.2 Å². The van der Waals surface area contributed by atoms with Crippen molar-refractivity contribution in [2.45, 2.75) is 32.4 Å². The van der Waals surface area contributed by atoms with Crippen molar-refractivity contribution < 1.29 is 14.3 Å². The highest BCUT2D eigenvalue weighted by atomic mass is 16.7. The van der Waals surface area contributed by atoms with Crippen LogP contribution in [-0.4, -0.2) is 25.3 Å².